The molecule has 150 valence electrons. The van der Waals surface area contributed by atoms with E-state index in [4.69, 9.17) is 25.8 Å². The summed E-state index contributed by atoms with van der Waals surface area (Å²) in [6.07, 6.45) is 0. The van der Waals surface area contributed by atoms with Gasteiger partial charge in [-0.05, 0) is 30.7 Å². The van der Waals surface area contributed by atoms with Crippen LogP contribution in [0.25, 0.3) is 0 Å². The Balaban J connectivity index is 2.03. The normalized spacial score (nSPS) is 10.3. The van der Waals surface area contributed by atoms with E-state index >= 15 is 0 Å². The number of benzene rings is 2. The summed E-state index contributed by atoms with van der Waals surface area (Å²) in [6.45, 7) is 2.47. The largest absolute Gasteiger partial charge is 0.493 e. The molecule has 0 N–H and O–H groups in total. The molecule has 2 rings (SSSR count). The van der Waals surface area contributed by atoms with E-state index < -0.39 is 4.92 Å². The highest BCUT2D eigenvalue weighted by molar-refractivity contribution is 6.32. The van der Waals surface area contributed by atoms with Gasteiger partial charge in [0.25, 0.3) is 11.6 Å². The van der Waals surface area contributed by atoms with Crippen molar-refractivity contribution in [2.45, 2.75) is 13.5 Å². The summed E-state index contributed by atoms with van der Waals surface area (Å²) in [5.74, 6) is 1.16. The van der Waals surface area contributed by atoms with E-state index in [1.165, 1.54) is 18.2 Å². The number of rotatable bonds is 9. The first-order chi connectivity index (χ1) is 13.4. The van der Waals surface area contributed by atoms with Crippen LogP contribution < -0.4 is 14.2 Å². The Morgan fingerprint density at radius 3 is 2.36 bits per heavy atom. The second-order valence-corrected chi connectivity index (χ2v) is 6.16. The number of carbonyl (C=O) groups excluding carboxylic acids is 1. The maximum absolute atomic E-state index is 12.5. The maximum atomic E-state index is 12.5. The summed E-state index contributed by atoms with van der Waals surface area (Å²) in [5, 5.41) is 10.8. The van der Waals surface area contributed by atoms with E-state index in [-0.39, 0.29) is 29.0 Å². The van der Waals surface area contributed by atoms with Crippen LogP contribution in [0.3, 0.4) is 0 Å². The second-order valence-electron chi connectivity index (χ2n) is 5.76. The van der Waals surface area contributed by atoms with Gasteiger partial charge in [0, 0.05) is 25.2 Å². The molecule has 2 aromatic rings. The van der Waals surface area contributed by atoms with Crippen molar-refractivity contribution < 1.29 is 23.9 Å². The molecule has 0 heterocycles. The lowest BCUT2D eigenvalue weighted by molar-refractivity contribution is -0.384. The Bertz CT molecular complexity index is 858. The minimum Gasteiger partial charge on any atom is -0.493 e. The topological polar surface area (TPSA) is 91.1 Å². The Labute approximate surface area is 167 Å². The Kier molecular flexibility index (Phi) is 7.45. The van der Waals surface area contributed by atoms with Gasteiger partial charge < -0.3 is 19.1 Å². The predicted octanol–water partition coefficient (Wildman–Crippen LogP) is 3.69. The van der Waals surface area contributed by atoms with Gasteiger partial charge in [0.05, 0.1) is 24.2 Å². The third kappa shape index (κ3) is 5.26. The van der Waals surface area contributed by atoms with Crippen molar-refractivity contribution >= 4 is 23.2 Å². The molecular formula is C19H21ClN2O6. The Morgan fingerprint density at radius 2 is 1.79 bits per heavy atom. The van der Waals surface area contributed by atoms with E-state index in [2.05, 4.69) is 0 Å². The average Bonchev–Trinajstić information content (AvgIpc) is 2.70. The first kappa shape index (κ1) is 21.3. The van der Waals surface area contributed by atoms with Gasteiger partial charge in [0.1, 0.15) is 5.75 Å². The van der Waals surface area contributed by atoms with Crippen molar-refractivity contribution in [2.24, 2.45) is 0 Å². The minimum atomic E-state index is -0.553. The number of amides is 1. The summed E-state index contributed by atoms with van der Waals surface area (Å²) in [5.41, 5.74) is 0.730. The third-order valence-corrected chi connectivity index (χ3v) is 4.33. The fourth-order valence-corrected chi connectivity index (χ4v) is 2.76. The Morgan fingerprint density at radius 1 is 1.11 bits per heavy atom. The fourth-order valence-electron chi connectivity index (χ4n) is 2.53. The zero-order chi connectivity index (χ0) is 20.7. The van der Waals surface area contributed by atoms with E-state index in [9.17, 15) is 14.9 Å². The molecule has 0 saturated heterocycles. The summed E-state index contributed by atoms with van der Waals surface area (Å²) in [4.78, 5) is 24.3. The fraction of sp³-hybridized carbons (Fsp3) is 0.316. The minimum absolute atomic E-state index is 0.0740. The molecule has 2 aromatic carbocycles. The lowest BCUT2D eigenvalue weighted by atomic mass is 10.2. The van der Waals surface area contributed by atoms with Gasteiger partial charge in [-0.1, -0.05) is 17.7 Å². The SMILES string of the molecule is CCN(Cc1ccc(OC)c(OC)c1)C(=O)COc1ccc([N+](=O)[O-])cc1Cl. The van der Waals surface area contributed by atoms with Crippen LogP contribution in [0.1, 0.15) is 12.5 Å². The van der Waals surface area contributed by atoms with Crippen LogP contribution in [0.2, 0.25) is 5.02 Å². The van der Waals surface area contributed by atoms with Crippen molar-refractivity contribution in [1.29, 1.82) is 0 Å². The molecule has 8 nitrogen and oxygen atoms in total. The number of hydrogen-bond donors (Lipinski definition) is 0. The summed E-state index contributed by atoms with van der Waals surface area (Å²) >= 11 is 5.98. The van der Waals surface area contributed by atoms with Crippen molar-refractivity contribution in [2.75, 3.05) is 27.4 Å². The van der Waals surface area contributed by atoms with Crippen LogP contribution in [0.4, 0.5) is 5.69 Å². The first-order valence-electron chi connectivity index (χ1n) is 8.45. The zero-order valence-electron chi connectivity index (χ0n) is 15.8. The smallest absolute Gasteiger partial charge is 0.271 e. The van der Waals surface area contributed by atoms with Crippen LogP contribution in [-0.4, -0.2) is 43.1 Å². The number of ether oxygens (including phenoxy) is 3. The number of halogens is 1. The van der Waals surface area contributed by atoms with Crippen LogP contribution in [0.15, 0.2) is 36.4 Å². The Hall–Kier alpha value is -3.00. The monoisotopic (exact) mass is 408 g/mol. The van der Waals surface area contributed by atoms with Crippen molar-refractivity contribution in [1.82, 2.24) is 4.90 Å². The third-order valence-electron chi connectivity index (χ3n) is 4.03. The molecule has 0 fully saturated rings. The summed E-state index contributed by atoms with van der Waals surface area (Å²) in [7, 11) is 3.10. The van der Waals surface area contributed by atoms with Crippen molar-refractivity contribution in [3.63, 3.8) is 0 Å². The van der Waals surface area contributed by atoms with Crippen molar-refractivity contribution in [3.8, 4) is 17.2 Å². The molecule has 0 aliphatic rings. The highest BCUT2D eigenvalue weighted by Gasteiger charge is 2.16. The van der Waals surface area contributed by atoms with Gasteiger partial charge in [0.2, 0.25) is 0 Å². The maximum Gasteiger partial charge on any atom is 0.271 e. The van der Waals surface area contributed by atoms with Gasteiger partial charge in [0.15, 0.2) is 18.1 Å². The lowest BCUT2D eigenvalue weighted by Crippen LogP contribution is -2.34. The van der Waals surface area contributed by atoms with Crippen LogP contribution in [0.5, 0.6) is 17.2 Å². The molecule has 28 heavy (non-hydrogen) atoms. The highest BCUT2D eigenvalue weighted by atomic mass is 35.5. The number of non-ortho nitro benzene ring substituents is 1. The first-order valence-corrected chi connectivity index (χ1v) is 8.82. The van der Waals surface area contributed by atoms with E-state index in [1.807, 2.05) is 19.1 Å². The van der Waals surface area contributed by atoms with Gasteiger partial charge in [-0.15, -0.1) is 0 Å². The number of nitro groups is 1. The van der Waals surface area contributed by atoms with Crippen LogP contribution >= 0.6 is 11.6 Å². The molecule has 0 spiro atoms. The van der Waals surface area contributed by atoms with Gasteiger partial charge in [-0.2, -0.15) is 0 Å². The number of nitrogens with zero attached hydrogens (tertiary/aromatic N) is 2. The van der Waals surface area contributed by atoms with Gasteiger partial charge in [-0.25, -0.2) is 0 Å². The summed E-state index contributed by atoms with van der Waals surface area (Å²) in [6, 6.07) is 9.27. The molecule has 1 amide bonds. The molecule has 0 atom stereocenters. The summed E-state index contributed by atoms with van der Waals surface area (Å²) < 4.78 is 15.9. The second kappa shape index (κ2) is 9.80. The van der Waals surface area contributed by atoms with E-state index in [1.54, 1.807) is 25.2 Å². The highest BCUT2D eigenvalue weighted by Crippen LogP contribution is 2.29. The predicted molar refractivity (Wildman–Crippen MR) is 104 cm³/mol. The van der Waals surface area contributed by atoms with Gasteiger partial charge >= 0.3 is 0 Å². The lowest BCUT2D eigenvalue weighted by Gasteiger charge is -2.22. The molecule has 0 bridgehead atoms. The van der Waals surface area contributed by atoms with Crippen LogP contribution in [0, 0.1) is 10.1 Å². The molecule has 0 aliphatic heterocycles. The molecule has 0 aromatic heterocycles. The molecule has 0 saturated carbocycles. The van der Waals surface area contributed by atoms with E-state index in [0.717, 1.165) is 5.56 Å². The molecular weight excluding hydrogens is 388 g/mol. The molecule has 9 heteroatoms. The van der Waals surface area contributed by atoms with Crippen molar-refractivity contribution in [3.05, 3.63) is 57.1 Å². The zero-order valence-corrected chi connectivity index (χ0v) is 16.6. The quantitative estimate of drug-likeness (QED) is 0.464. The molecule has 0 aliphatic carbocycles. The standard InChI is InChI=1S/C19H21ClN2O6/c1-4-21(11-13-5-7-17(26-2)18(9-13)27-3)19(23)12-28-16-8-6-14(22(24)25)10-15(16)20/h5-10H,4,11-12H2,1-3H3. The number of carbonyl (C=O) groups is 1. The average molecular weight is 409 g/mol. The number of methoxy groups -OCH3 is 2. The van der Waals surface area contributed by atoms with Crippen LogP contribution in [-0.2, 0) is 11.3 Å². The number of hydrogen-bond acceptors (Lipinski definition) is 6. The molecule has 0 radical (unpaired) electrons. The number of nitro benzene ring substituents is 1. The van der Waals surface area contributed by atoms with E-state index in [0.29, 0.717) is 24.6 Å². The molecule has 0 unspecified atom stereocenters. The number of likely N-dealkylation sites (N-methyl/N-ethyl adjacent to an activating group) is 1. The van der Waals surface area contributed by atoms with Gasteiger partial charge in [-0.3, -0.25) is 14.9 Å².